The number of carbonyl (C=O) groups is 10. The standard InChI is InChI=1S/C19H24N6O2S.C18H23N7O2S.C18H22N6O2S.2C17H21N7O2S/c1-5-16(26)25-7-6-13(12(25)3)24(4)14-9-21-17(18(20)27)19(22-14)23-15-8-11(2)10-28-15;1-5-14(26)25-7-6-12(11(25)3)24(4)18-21-17(15(16(19)27)22-23-18)20-13-8-10(2)9-28-13;1-3-15(25)24-6-4-5-12(9-24)21-13-8-20-16(17(19)26)18(22-13)23-14-7-11(2)10-27-14;1-4-13(25)24-6-5-11(10(24)3)19-17-21-16(14(15(18)26)22-23-17)20-12-7-9(2)8-27-12;1-3-13(25)24-6-4-5-11(8-24)19-17-21-16(14(15(18)26)22-23-17)20-12-7-10(2)9-27-12/h5,8-10,12-13H,1,6-7H2,2-4H3,(H2,20,27)(H,22,23);5,8-9,11-12H,1,6-7H2,2-4H3,(H2,19,27)(H,20,21,23);3,7-8,10,12H,1,4-6,9H2,2H3,(H2,19,26)(H2,21,22,23);4,7-8,10-11H,1,5-6H2,2-3H3,(H2,18,26)(H2,19,20,21,23);3,7,9,11H,1,4-6,8H2,2H3,(H2,18,26)(H2,19,20,21,23)/t12-,13-;11-,12-;12-;10-,11-;11-/m11111/s1. The number of aryl methyl sites for hydroxylation is 5. The van der Waals surface area contributed by atoms with Crippen molar-refractivity contribution >= 4 is 199 Å². The molecule has 5 aliphatic rings. The van der Waals surface area contributed by atoms with Crippen LogP contribution in [0.2, 0.25) is 0 Å². The SMILES string of the molecule is C=CC(=O)N1CCC[C@@H](Nc2cnc(C(N)=O)c(Nc3cc(C)cs3)n2)C1.C=CC(=O)N1CCC[C@@H](Nc2nnc(C(N)=O)c(Nc3cc(C)cs3)n2)C1.C=CC(=O)N1CC[C@@H](N(C)c2cnc(C(N)=O)c(Nc3cc(C)cs3)n2)[C@H]1C.C=CC(=O)N1CC[C@@H](N(C)c2nnc(C(N)=O)c(Nc3cc(C)cs3)n2)[C@H]1C.C=CC(=O)N1CC[C@@H](Nc2nnc(C(N)=O)c(Nc3cc(C)cs3)n2)[C@H]1C. The number of nitrogens with zero attached hydrogens (tertiary/aromatic N) is 20. The molecule has 5 fully saturated rings. The summed E-state index contributed by atoms with van der Waals surface area (Å²) in [7, 11) is 3.76. The Kier molecular flexibility index (Phi) is 35.4. The number of anilines is 15. The number of rotatable bonds is 30. The molecule has 0 aliphatic carbocycles. The zero-order valence-electron chi connectivity index (χ0n) is 77.3. The molecule has 43 nitrogen and oxygen atoms in total. The molecule has 0 saturated carbocycles. The minimum absolute atomic E-state index is 0.00414. The molecule has 5 saturated heterocycles. The molecule has 15 heterocycles. The molecule has 0 bridgehead atoms. The second-order valence-corrected chi connectivity index (χ2v) is 37.1. The van der Waals surface area contributed by atoms with Crippen molar-refractivity contribution in [2.75, 3.05) is 112 Å². The van der Waals surface area contributed by atoms with Crippen molar-refractivity contribution in [3.05, 3.63) is 189 Å². The van der Waals surface area contributed by atoms with Crippen LogP contribution in [0.3, 0.4) is 0 Å². The highest BCUT2D eigenvalue weighted by Crippen LogP contribution is 2.35. The average Bonchev–Trinajstić information content (AvgIpc) is 1.69. The van der Waals surface area contributed by atoms with Gasteiger partial charge in [0.2, 0.25) is 47.4 Å². The van der Waals surface area contributed by atoms with Gasteiger partial charge in [0.15, 0.2) is 57.6 Å². The highest BCUT2D eigenvalue weighted by Gasteiger charge is 2.40. The number of amides is 10. The van der Waals surface area contributed by atoms with Crippen LogP contribution in [0.1, 0.15) is 146 Å². The third-order valence-corrected chi connectivity index (χ3v) is 27.5. The molecular weight excluding hydrogens is 1850 g/mol. The van der Waals surface area contributed by atoms with E-state index in [9.17, 15) is 47.9 Å². The summed E-state index contributed by atoms with van der Waals surface area (Å²) in [4.78, 5) is 161. The summed E-state index contributed by atoms with van der Waals surface area (Å²) < 4.78 is 0. The molecule has 10 amide bonds. The Morgan fingerprint density at radius 1 is 0.380 bits per heavy atom. The van der Waals surface area contributed by atoms with Crippen molar-refractivity contribution in [2.45, 2.75) is 149 Å². The van der Waals surface area contributed by atoms with E-state index in [2.05, 4.69) is 141 Å². The topological polar surface area (TPSA) is 587 Å². The summed E-state index contributed by atoms with van der Waals surface area (Å²) in [5, 5.41) is 63.1. The van der Waals surface area contributed by atoms with E-state index in [0.717, 1.165) is 104 Å². The number of hydrogen-bond acceptors (Lipinski definition) is 38. The van der Waals surface area contributed by atoms with Crippen LogP contribution in [-0.2, 0) is 24.0 Å². The van der Waals surface area contributed by atoms with Gasteiger partial charge in [-0.1, -0.05) is 32.9 Å². The fourth-order valence-electron chi connectivity index (χ4n) is 15.6. The van der Waals surface area contributed by atoms with Crippen LogP contribution in [0.25, 0.3) is 0 Å². The monoisotopic (exact) mass is 1960 g/mol. The first-order chi connectivity index (χ1) is 65.4. The number of hydrogen-bond donors (Lipinski definition) is 13. The van der Waals surface area contributed by atoms with Gasteiger partial charge in [-0.05, 0) is 216 Å². The second-order valence-electron chi connectivity index (χ2n) is 32.6. The van der Waals surface area contributed by atoms with Crippen molar-refractivity contribution in [2.24, 2.45) is 28.7 Å². The smallest absolute Gasteiger partial charge is 0.273 e. The normalized spacial score (nSPS) is 18.0. The number of carbonyl (C=O) groups excluding carboxylic acids is 10. The lowest BCUT2D eigenvalue weighted by molar-refractivity contribution is -0.127. The number of nitrogens with one attached hydrogen (secondary N) is 8. The van der Waals surface area contributed by atoms with E-state index in [-0.39, 0.29) is 136 Å². The Bertz CT molecular complexity index is 5830. The molecule has 137 heavy (non-hydrogen) atoms. The molecule has 0 radical (unpaired) electrons. The quantitative estimate of drug-likeness (QED) is 0.0186. The molecule has 18 N–H and O–H groups in total. The molecule has 10 aromatic rings. The van der Waals surface area contributed by atoms with E-state index >= 15 is 0 Å². The Hall–Kier alpha value is -14.9. The molecular formula is C89H111N33O10S5. The van der Waals surface area contributed by atoms with Gasteiger partial charge in [0.05, 0.1) is 55.5 Å². The molecule has 0 unspecified atom stereocenters. The fraction of sp³-hybridized carbons (Fsp3) is 0.360. The summed E-state index contributed by atoms with van der Waals surface area (Å²) >= 11 is 7.48. The first kappa shape index (κ1) is 103. The van der Waals surface area contributed by atoms with Crippen molar-refractivity contribution in [3.8, 4) is 0 Å². The molecule has 0 spiro atoms. The Balaban J connectivity index is 0.000000164. The maximum absolute atomic E-state index is 12.0. The van der Waals surface area contributed by atoms with Gasteiger partial charge in [-0.3, -0.25) is 47.9 Å². The van der Waals surface area contributed by atoms with E-state index < -0.39 is 29.5 Å². The van der Waals surface area contributed by atoms with E-state index in [1.54, 1.807) is 24.5 Å². The van der Waals surface area contributed by atoms with E-state index in [4.69, 9.17) is 28.7 Å². The van der Waals surface area contributed by atoms with Crippen LogP contribution < -0.4 is 81.0 Å². The minimum Gasteiger partial charge on any atom is -0.364 e. The third-order valence-electron chi connectivity index (χ3n) is 22.7. The number of aromatic nitrogens is 13. The predicted octanol–water partition coefficient (Wildman–Crippen LogP) is 9.62. The molecule has 15 rings (SSSR count). The first-order valence-corrected chi connectivity index (χ1v) is 47.8. The van der Waals surface area contributed by atoms with Crippen molar-refractivity contribution in [1.29, 1.82) is 0 Å². The van der Waals surface area contributed by atoms with Gasteiger partial charge < -0.3 is 106 Å². The highest BCUT2D eigenvalue weighted by molar-refractivity contribution is 7.15. The van der Waals surface area contributed by atoms with Gasteiger partial charge >= 0.3 is 0 Å². The Morgan fingerprint density at radius 3 is 1.09 bits per heavy atom. The van der Waals surface area contributed by atoms with Crippen LogP contribution >= 0.6 is 56.7 Å². The largest absolute Gasteiger partial charge is 0.364 e. The van der Waals surface area contributed by atoms with E-state index in [1.165, 1.54) is 99.5 Å². The maximum atomic E-state index is 12.0. The summed E-state index contributed by atoms with van der Waals surface area (Å²) in [5.74, 6) is -0.479. The van der Waals surface area contributed by atoms with E-state index in [0.29, 0.717) is 68.5 Å². The number of likely N-dealkylation sites (tertiary alicyclic amines) is 5. The van der Waals surface area contributed by atoms with Gasteiger partial charge in [-0.15, -0.1) is 87.3 Å². The van der Waals surface area contributed by atoms with Crippen molar-refractivity contribution < 1.29 is 47.9 Å². The average molecular weight is 1960 g/mol. The van der Waals surface area contributed by atoms with Gasteiger partial charge in [0.1, 0.15) is 11.6 Å². The molecule has 0 aromatic carbocycles. The minimum atomic E-state index is -0.714. The molecule has 48 heteroatoms. The van der Waals surface area contributed by atoms with Crippen LogP contribution in [0, 0.1) is 34.6 Å². The molecule has 5 aliphatic heterocycles. The summed E-state index contributed by atoms with van der Waals surface area (Å²) in [6.45, 7) is 38.0. The number of likely N-dealkylation sites (N-methyl/N-ethyl adjacent to an activating group) is 2. The number of nitrogens with two attached hydrogens (primary N) is 5. The Labute approximate surface area is 810 Å². The van der Waals surface area contributed by atoms with E-state index in [1.807, 2.05) is 137 Å². The fourth-order valence-corrected chi connectivity index (χ4v) is 19.6. The van der Waals surface area contributed by atoms with Crippen LogP contribution in [0.5, 0.6) is 0 Å². The Morgan fingerprint density at radius 2 is 0.715 bits per heavy atom. The van der Waals surface area contributed by atoms with Crippen LogP contribution in [-0.4, -0.2) is 257 Å². The summed E-state index contributed by atoms with van der Waals surface area (Å²) in [5.41, 5.74) is 32.7. The highest BCUT2D eigenvalue weighted by atomic mass is 32.1. The lowest BCUT2D eigenvalue weighted by Gasteiger charge is -2.32. The first-order valence-electron chi connectivity index (χ1n) is 43.4. The maximum Gasteiger partial charge on any atom is 0.273 e. The zero-order chi connectivity index (χ0) is 99.2. The van der Waals surface area contributed by atoms with Crippen molar-refractivity contribution in [3.63, 3.8) is 0 Å². The lowest BCUT2D eigenvalue weighted by Crippen LogP contribution is -2.44. The summed E-state index contributed by atoms with van der Waals surface area (Å²) in [6.07, 6.45) is 15.5. The number of piperidine rings is 2. The number of thiophene rings is 5. The second kappa shape index (κ2) is 47.3. The zero-order valence-corrected chi connectivity index (χ0v) is 81.4. The molecule has 10 aromatic heterocycles. The third kappa shape index (κ3) is 27.0. The predicted molar refractivity (Wildman–Crippen MR) is 534 cm³/mol. The van der Waals surface area contributed by atoms with Gasteiger partial charge in [0, 0.05) is 90.1 Å². The van der Waals surface area contributed by atoms with Gasteiger partial charge in [-0.25, -0.2) is 19.9 Å². The van der Waals surface area contributed by atoms with Crippen LogP contribution in [0.4, 0.5) is 83.6 Å². The molecule has 8 atom stereocenters. The number of primary amides is 5. The van der Waals surface area contributed by atoms with Crippen molar-refractivity contribution in [1.82, 2.24) is 90.0 Å². The van der Waals surface area contributed by atoms with Gasteiger partial charge in [0.25, 0.3) is 29.5 Å². The molecule has 722 valence electrons. The summed E-state index contributed by atoms with van der Waals surface area (Å²) in [6, 6.07) is 9.74. The van der Waals surface area contributed by atoms with Crippen LogP contribution in [0.15, 0.2) is 133 Å². The lowest BCUT2D eigenvalue weighted by atomic mass is 10.1. The van der Waals surface area contributed by atoms with Gasteiger partial charge in [-0.2, -0.15) is 15.0 Å².